The van der Waals surface area contributed by atoms with Crippen molar-refractivity contribution in [3.8, 4) is 0 Å². The number of rotatable bonds is 0. The lowest BCUT2D eigenvalue weighted by Crippen LogP contribution is -2.09. The smallest absolute Gasteiger partial charge is 0.153 e. The van der Waals surface area contributed by atoms with Crippen LogP contribution in [0.25, 0.3) is 0 Å². The van der Waals surface area contributed by atoms with Crippen LogP contribution >= 0.6 is 0 Å². The van der Waals surface area contributed by atoms with E-state index in [1.165, 1.54) is 0 Å². The summed E-state index contributed by atoms with van der Waals surface area (Å²) in [6.07, 6.45) is 11.1. The summed E-state index contributed by atoms with van der Waals surface area (Å²) in [6.45, 7) is 1.20. The van der Waals surface area contributed by atoms with Gasteiger partial charge in [0.1, 0.15) is 0 Å². The van der Waals surface area contributed by atoms with E-state index in [-0.39, 0.29) is 0 Å². The third-order valence-corrected chi connectivity index (χ3v) is 2.83. The first-order valence-electron chi connectivity index (χ1n) is 6.33. The minimum Gasteiger partial charge on any atom is -0.624 e. The molecule has 0 spiro atoms. The maximum absolute atomic E-state index is 11.3. The lowest BCUT2D eigenvalue weighted by molar-refractivity contribution is -0.456. The Hall–Kier alpha value is -1.06. The van der Waals surface area contributed by atoms with Crippen molar-refractivity contribution < 1.29 is 9.48 Å². The van der Waals surface area contributed by atoms with E-state index in [9.17, 15) is 10.4 Å². The predicted molar refractivity (Wildman–Crippen MR) is 66.1 cm³/mol. The number of hydrogen-bond acceptors (Lipinski definition) is 2. The Morgan fingerprint density at radius 1 is 0.625 bits per heavy atom. The molecule has 0 aromatic heterocycles. The van der Waals surface area contributed by atoms with Crippen LogP contribution < -0.4 is 0 Å². The monoisotopic (exact) mass is 226 g/mol. The van der Waals surface area contributed by atoms with Crippen molar-refractivity contribution in [3.63, 3.8) is 0 Å². The van der Waals surface area contributed by atoms with Gasteiger partial charge in [-0.05, 0) is 25.7 Å². The second-order valence-corrected chi connectivity index (χ2v) is 4.35. The van der Waals surface area contributed by atoms with Gasteiger partial charge in [-0.25, -0.2) is 9.48 Å². The van der Waals surface area contributed by atoms with Gasteiger partial charge >= 0.3 is 0 Å². The Bertz CT molecular complexity index is 223. The molecular weight excluding hydrogens is 204 g/mol. The van der Waals surface area contributed by atoms with Crippen molar-refractivity contribution in [2.75, 3.05) is 13.1 Å². The van der Waals surface area contributed by atoms with Gasteiger partial charge in [0.05, 0.1) is 0 Å². The fraction of sp³-hybridized carbons (Fsp3) is 0.833. The van der Waals surface area contributed by atoms with Gasteiger partial charge in [-0.3, -0.25) is 0 Å². The van der Waals surface area contributed by atoms with Gasteiger partial charge in [0.15, 0.2) is 25.5 Å². The van der Waals surface area contributed by atoms with Crippen molar-refractivity contribution in [2.24, 2.45) is 0 Å². The topological polar surface area (TPSA) is 52.1 Å². The van der Waals surface area contributed by atoms with Crippen molar-refractivity contribution in [1.82, 2.24) is 0 Å². The number of hydrogen-bond donors (Lipinski definition) is 0. The van der Waals surface area contributed by atoms with Crippen LogP contribution in [0.15, 0.2) is 0 Å². The Kier molecular flexibility index (Phi) is 6.61. The minimum absolute atomic E-state index is 0.598. The predicted octanol–water partition coefficient (Wildman–Crippen LogP) is 2.28. The first-order chi connectivity index (χ1) is 7.79. The molecule has 0 aromatic rings. The van der Waals surface area contributed by atoms with E-state index >= 15 is 0 Å². The van der Waals surface area contributed by atoms with Crippen LogP contribution in [0, 0.1) is 10.4 Å². The largest absolute Gasteiger partial charge is 0.624 e. The minimum atomic E-state index is 0.598. The summed E-state index contributed by atoms with van der Waals surface area (Å²) >= 11 is 0. The lowest BCUT2D eigenvalue weighted by Gasteiger charge is -2.06. The van der Waals surface area contributed by atoms with E-state index in [1.807, 2.05) is 0 Å². The van der Waals surface area contributed by atoms with Gasteiger partial charge < -0.3 is 10.4 Å². The maximum atomic E-state index is 11.3. The first kappa shape index (κ1) is 13.0. The second kappa shape index (κ2) is 8.13. The zero-order chi connectivity index (χ0) is 11.6. The van der Waals surface area contributed by atoms with Gasteiger partial charge in [0.2, 0.25) is 0 Å². The molecule has 1 heterocycles. The Labute approximate surface area is 97.5 Å². The molecule has 1 aliphatic rings. The van der Waals surface area contributed by atoms with Crippen LogP contribution in [0.2, 0.25) is 0 Å². The highest BCUT2D eigenvalue weighted by Gasteiger charge is 1.99. The molecule has 1 aliphatic heterocycles. The molecule has 0 atom stereocenters. The van der Waals surface area contributed by atoms with Crippen molar-refractivity contribution >= 4 is 12.4 Å². The van der Waals surface area contributed by atoms with E-state index < -0.39 is 0 Å². The second-order valence-electron chi connectivity index (χ2n) is 4.35. The van der Waals surface area contributed by atoms with Gasteiger partial charge in [0.25, 0.3) is 0 Å². The normalized spacial score (nSPS) is 28.2. The fourth-order valence-electron chi connectivity index (χ4n) is 1.83. The third-order valence-electron chi connectivity index (χ3n) is 2.83. The molecule has 0 N–H and O–H groups in total. The first-order valence-corrected chi connectivity index (χ1v) is 6.33. The zero-order valence-electron chi connectivity index (χ0n) is 9.94. The molecule has 1 rings (SSSR count). The fourth-order valence-corrected chi connectivity index (χ4v) is 1.83. The molecule has 4 heteroatoms. The standard InChI is InChI=1S/C12H22N2O2/c15-13-9-5-1-2-6-10-14(16)12-8-4-3-7-11-13/h9,12H,1-8,10-11H2/b13-9+,14-12+. The molecule has 0 aliphatic carbocycles. The molecule has 16 heavy (non-hydrogen) atoms. The van der Waals surface area contributed by atoms with E-state index in [1.54, 1.807) is 12.4 Å². The highest BCUT2D eigenvalue weighted by molar-refractivity contribution is 5.51. The molecule has 0 radical (unpaired) electrons. The average Bonchev–Trinajstić information content (AvgIpc) is 2.27. The quantitative estimate of drug-likeness (QED) is 0.470. The van der Waals surface area contributed by atoms with Crippen LogP contribution in [0.1, 0.15) is 51.4 Å². The van der Waals surface area contributed by atoms with Gasteiger partial charge in [0, 0.05) is 25.7 Å². The molecule has 0 saturated carbocycles. The highest BCUT2D eigenvalue weighted by Crippen LogP contribution is 2.02. The van der Waals surface area contributed by atoms with E-state index in [4.69, 9.17) is 0 Å². The summed E-state index contributed by atoms with van der Waals surface area (Å²) in [5.74, 6) is 0. The SMILES string of the molecule is [O-]/[N+]1=C/CCCCC/[N+]([O-])=C\CCCCC1. The molecule has 4 nitrogen and oxygen atoms in total. The van der Waals surface area contributed by atoms with Crippen LogP contribution in [-0.4, -0.2) is 35.0 Å². The van der Waals surface area contributed by atoms with Gasteiger partial charge in [-0.15, -0.1) is 0 Å². The third kappa shape index (κ3) is 6.43. The van der Waals surface area contributed by atoms with Crippen LogP contribution in [0.4, 0.5) is 0 Å². The molecule has 0 unspecified atom stereocenters. The average molecular weight is 226 g/mol. The van der Waals surface area contributed by atoms with Gasteiger partial charge in [-0.2, -0.15) is 0 Å². The van der Waals surface area contributed by atoms with Crippen molar-refractivity contribution in [2.45, 2.75) is 51.4 Å². The summed E-state index contributed by atoms with van der Waals surface area (Å²) in [6, 6.07) is 0. The van der Waals surface area contributed by atoms with Crippen LogP contribution in [-0.2, 0) is 0 Å². The molecule has 92 valence electrons. The van der Waals surface area contributed by atoms with Crippen LogP contribution in [0.3, 0.4) is 0 Å². The summed E-state index contributed by atoms with van der Waals surface area (Å²) in [5.41, 5.74) is 0. The summed E-state index contributed by atoms with van der Waals surface area (Å²) in [7, 11) is 0. The number of hydroxylamine groups is 2. The molecular formula is C12H22N2O2. The van der Waals surface area contributed by atoms with E-state index in [0.29, 0.717) is 13.1 Å². The molecule has 0 aromatic carbocycles. The maximum Gasteiger partial charge on any atom is 0.153 e. The Morgan fingerprint density at radius 3 is 1.50 bits per heavy atom. The zero-order valence-corrected chi connectivity index (χ0v) is 9.94. The van der Waals surface area contributed by atoms with Crippen LogP contribution in [0.5, 0.6) is 0 Å². The summed E-state index contributed by atoms with van der Waals surface area (Å²) < 4.78 is 2.13. The van der Waals surface area contributed by atoms with Crippen molar-refractivity contribution in [1.29, 1.82) is 0 Å². The Balaban J connectivity index is 2.34. The molecule has 0 fully saturated rings. The lowest BCUT2D eigenvalue weighted by atomic mass is 10.2. The number of nitrogens with zero attached hydrogens (tertiary/aromatic N) is 2. The van der Waals surface area contributed by atoms with Crippen molar-refractivity contribution in [3.05, 3.63) is 10.4 Å². The van der Waals surface area contributed by atoms with E-state index in [0.717, 1.165) is 60.8 Å². The molecule has 0 saturated heterocycles. The summed E-state index contributed by atoms with van der Waals surface area (Å²) in [4.78, 5) is 0. The highest BCUT2D eigenvalue weighted by atomic mass is 16.5. The van der Waals surface area contributed by atoms with Gasteiger partial charge in [-0.1, -0.05) is 0 Å². The molecule has 0 amide bonds. The Morgan fingerprint density at radius 2 is 1.06 bits per heavy atom. The van der Waals surface area contributed by atoms with E-state index in [2.05, 4.69) is 0 Å². The molecule has 0 bridgehead atoms. The summed E-state index contributed by atoms with van der Waals surface area (Å²) in [5, 5.41) is 22.6.